The highest BCUT2D eigenvalue weighted by Gasteiger charge is 2.04. The number of thiocarbonyl (C=S) groups is 1. The molecule has 1 atom stereocenters. The Labute approximate surface area is 94.9 Å². The van der Waals surface area contributed by atoms with Crippen molar-refractivity contribution in [1.82, 2.24) is 0 Å². The first-order chi connectivity index (χ1) is 7.00. The minimum absolute atomic E-state index is 0.266. The van der Waals surface area contributed by atoms with Crippen LogP contribution in [-0.2, 0) is 0 Å². The van der Waals surface area contributed by atoms with Gasteiger partial charge in [-0.25, -0.2) is 0 Å². The fraction of sp³-hybridized carbons (Fsp3) is 0.364. The number of nitrogens with two attached hydrogens (primary N) is 1. The van der Waals surface area contributed by atoms with Crippen LogP contribution in [-0.4, -0.2) is 22.8 Å². The molecule has 0 saturated carbocycles. The molecule has 3 nitrogen and oxygen atoms in total. The molecule has 0 aliphatic rings. The van der Waals surface area contributed by atoms with E-state index in [9.17, 15) is 0 Å². The van der Waals surface area contributed by atoms with Crippen LogP contribution in [0.15, 0.2) is 18.2 Å². The van der Waals surface area contributed by atoms with Gasteiger partial charge in [-0.1, -0.05) is 24.4 Å². The summed E-state index contributed by atoms with van der Waals surface area (Å²) >= 11 is 4.87. The summed E-state index contributed by atoms with van der Waals surface area (Å²) in [6.45, 7) is 3.87. The summed E-state index contributed by atoms with van der Waals surface area (Å²) < 4.78 is 5.42. The van der Waals surface area contributed by atoms with E-state index in [1.165, 1.54) is 0 Å². The van der Waals surface area contributed by atoms with Crippen molar-refractivity contribution in [2.75, 3.05) is 6.61 Å². The number of ether oxygens (including phenoxy) is 1. The fourth-order valence-electron chi connectivity index (χ4n) is 1.12. The molecule has 1 rings (SSSR count). The monoisotopic (exact) mass is 225 g/mol. The van der Waals surface area contributed by atoms with Gasteiger partial charge in [0.1, 0.15) is 17.3 Å². The van der Waals surface area contributed by atoms with Crippen molar-refractivity contribution >= 4 is 17.2 Å². The van der Waals surface area contributed by atoms with Crippen molar-refractivity contribution in [3.05, 3.63) is 29.3 Å². The Morgan fingerprint density at radius 2 is 2.27 bits per heavy atom. The van der Waals surface area contributed by atoms with Gasteiger partial charge in [0.2, 0.25) is 0 Å². The van der Waals surface area contributed by atoms with E-state index < -0.39 is 6.10 Å². The lowest BCUT2D eigenvalue weighted by atomic mass is 10.1. The Morgan fingerprint density at radius 3 is 2.80 bits per heavy atom. The first-order valence-corrected chi connectivity index (χ1v) is 5.13. The molecule has 0 amide bonds. The van der Waals surface area contributed by atoms with Crippen molar-refractivity contribution in [3.8, 4) is 5.75 Å². The molecule has 1 aromatic carbocycles. The second kappa shape index (κ2) is 5.09. The highest BCUT2D eigenvalue weighted by molar-refractivity contribution is 7.80. The van der Waals surface area contributed by atoms with Gasteiger partial charge >= 0.3 is 0 Å². The highest BCUT2D eigenvalue weighted by atomic mass is 32.1. The Bertz CT molecular complexity index is 364. The molecule has 0 saturated heterocycles. The number of benzene rings is 1. The van der Waals surface area contributed by atoms with E-state index in [0.717, 1.165) is 11.1 Å². The average Bonchev–Trinajstić information content (AvgIpc) is 2.16. The molecule has 1 aromatic rings. The third-order valence-electron chi connectivity index (χ3n) is 1.95. The van der Waals surface area contributed by atoms with Crippen LogP contribution in [0.2, 0.25) is 0 Å². The molecule has 0 fully saturated rings. The van der Waals surface area contributed by atoms with Crippen LogP contribution in [0.25, 0.3) is 0 Å². The molecule has 15 heavy (non-hydrogen) atoms. The van der Waals surface area contributed by atoms with Crippen LogP contribution in [0.4, 0.5) is 0 Å². The van der Waals surface area contributed by atoms with Gasteiger partial charge in [0, 0.05) is 5.56 Å². The number of aliphatic hydroxyl groups excluding tert-OH is 1. The van der Waals surface area contributed by atoms with E-state index in [1.807, 2.05) is 19.1 Å². The van der Waals surface area contributed by atoms with Crippen molar-refractivity contribution in [3.63, 3.8) is 0 Å². The Hall–Kier alpha value is -1.13. The van der Waals surface area contributed by atoms with Gasteiger partial charge in [0.25, 0.3) is 0 Å². The third kappa shape index (κ3) is 3.49. The van der Waals surface area contributed by atoms with Crippen molar-refractivity contribution in [1.29, 1.82) is 0 Å². The van der Waals surface area contributed by atoms with E-state index in [-0.39, 0.29) is 6.61 Å². The summed E-state index contributed by atoms with van der Waals surface area (Å²) in [6, 6.07) is 5.54. The predicted octanol–water partition coefficient (Wildman–Crippen LogP) is 1.39. The van der Waals surface area contributed by atoms with E-state index in [0.29, 0.717) is 10.7 Å². The topological polar surface area (TPSA) is 55.5 Å². The maximum absolute atomic E-state index is 9.11. The second-order valence-corrected chi connectivity index (χ2v) is 3.94. The summed E-state index contributed by atoms with van der Waals surface area (Å²) in [7, 11) is 0. The Morgan fingerprint density at radius 1 is 1.60 bits per heavy atom. The van der Waals surface area contributed by atoms with Crippen LogP contribution in [0.5, 0.6) is 5.75 Å². The van der Waals surface area contributed by atoms with Gasteiger partial charge in [-0.15, -0.1) is 0 Å². The molecular weight excluding hydrogens is 210 g/mol. The predicted molar refractivity (Wildman–Crippen MR) is 64.2 cm³/mol. The lowest BCUT2D eigenvalue weighted by molar-refractivity contribution is 0.122. The van der Waals surface area contributed by atoms with Gasteiger partial charge in [0.05, 0.1) is 6.10 Å². The first kappa shape index (κ1) is 11.9. The van der Waals surface area contributed by atoms with Crippen LogP contribution in [0.3, 0.4) is 0 Å². The minimum Gasteiger partial charge on any atom is -0.491 e. The Kier molecular flexibility index (Phi) is 4.05. The Balaban J connectivity index is 2.85. The molecule has 82 valence electrons. The summed E-state index contributed by atoms with van der Waals surface area (Å²) in [5.74, 6) is 0.709. The molecule has 0 spiro atoms. The smallest absolute Gasteiger partial charge is 0.123 e. The number of hydrogen-bond donors (Lipinski definition) is 2. The fourth-order valence-corrected chi connectivity index (χ4v) is 1.25. The van der Waals surface area contributed by atoms with E-state index in [1.54, 1.807) is 13.0 Å². The molecule has 4 heteroatoms. The zero-order valence-electron chi connectivity index (χ0n) is 8.86. The number of rotatable bonds is 4. The van der Waals surface area contributed by atoms with Crippen molar-refractivity contribution in [2.45, 2.75) is 20.0 Å². The lowest BCUT2D eigenvalue weighted by Crippen LogP contribution is -2.14. The van der Waals surface area contributed by atoms with E-state index in [2.05, 4.69) is 0 Å². The maximum Gasteiger partial charge on any atom is 0.123 e. The lowest BCUT2D eigenvalue weighted by Gasteiger charge is -2.11. The van der Waals surface area contributed by atoms with E-state index in [4.69, 9.17) is 27.8 Å². The second-order valence-electron chi connectivity index (χ2n) is 3.50. The van der Waals surface area contributed by atoms with Gasteiger partial charge < -0.3 is 15.6 Å². The zero-order valence-corrected chi connectivity index (χ0v) is 9.67. The molecule has 0 heterocycles. The largest absolute Gasteiger partial charge is 0.491 e. The first-order valence-electron chi connectivity index (χ1n) is 4.72. The summed E-state index contributed by atoms with van der Waals surface area (Å²) in [4.78, 5) is 0.344. The normalized spacial score (nSPS) is 12.2. The average molecular weight is 225 g/mol. The van der Waals surface area contributed by atoms with Gasteiger partial charge in [-0.05, 0) is 25.5 Å². The minimum atomic E-state index is -0.488. The van der Waals surface area contributed by atoms with Crippen LogP contribution in [0, 0.1) is 6.92 Å². The van der Waals surface area contributed by atoms with Crippen LogP contribution >= 0.6 is 12.2 Å². The molecule has 3 N–H and O–H groups in total. The van der Waals surface area contributed by atoms with Gasteiger partial charge in [0.15, 0.2) is 0 Å². The van der Waals surface area contributed by atoms with Crippen LogP contribution in [0.1, 0.15) is 18.1 Å². The molecule has 0 aliphatic heterocycles. The number of aliphatic hydroxyl groups is 1. The molecule has 0 aromatic heterocycles. The highest BCUT2D eigenvalue weighted by Crippen LogP contribution is 2.19. The SMILES string of the molecule is Cc1ccc(C(N)=S)cc1OCC(C)O. The van der Waals surface area contributed by atoms with Crippen molar-refractivity contribution in [2.24, 2.45) is 5.73 Å². The molecule has 0 aliphatic carbocycles. The third-order valence-corrected chi connectivity index (χ3v) is 2.19. The summed E-state index contributed by atoms with van der Waals surface area (Å²) in [5, 5.41) is 9.11. The van der Waals surface area contributed by atoms with E-state index >= 15 is 0 Å². The standard InChI is InChI=1S/C11H15NO2S/c1-7-3-4-9(11(12)15)5-10(7)14-6-8(2)13/h3-5,8,13H,6H2,1-2H3,(H2,12,15). The number of hydrogen-bond acceptors (Lipinski definition) is 3. The van der Waals surface area contributed by atoms with Gasteiger partial charge in [-0.2, -0.15) is 0 Å². The van der Waals surface area contributed by atoms with Gasteiger partial charge in [-0.3, -0.25) is 0 Å². The van der Waals surface area contributed by atoms with Crippen LogP contribution < -0.4 is 10.5 Å². The van der Waals surface area contributed by atoms with Crippen molar-refractivity contribution < 1.29 is 9.84 Å². The summed E-state index contributed by atoms with van der Waals surface area (Å²) in [5.41, 5.74) is 7.29. The molecule has 1 unspecified atom stereocenters. The number of aryl methyl sites for hydroxylation is 1. The quantitative estimate of drug-likeness (QED) is 0.760. The molecular formula is C11H15NO2S. The molecule has 0 radical (unpaired) electrons. The molecule has 0 bridgehead atoms. The zero-order chi connectivity index (χ0) is 11.4. The summed E-state index contributed by atoms with van der Waals surface area (Å²) in [6.07, 6.45) is -0.488. The maximum atomic E-state index is 9.11.